The van der Waals surface area contributed by atoms with Crippen molar-refractivity contribution in [2.24, 2.45) is 5.73 Å². The fourth-order valence-electron chi connectivity index (χ4n) is 1.05. The lowest BCUT2D eigenvalue weighted by Crippen LogP contribution is -2.42. The SMILES string of the molecule is CCSCCC(=O)NCC(=O)NCC(=O)NCC(=O)F.CN. The largest absolute Gasteiger partial charge is 0.347 e. The number of carbonyl (C=O) groups excluding carboxylic acids is 4. The van der Waals surface area contributed by atoms with Gasteiger partial charge in [0.1, 0.15) is 6.54 Å². The molecule has 0 fully saturated rings. The van der Waals surface area contributed by atoms with Gasteiger partial charge in [-0.25, -0.2) is 0 Å². The number of thioether (sulfide) groups is 1. The minimum Gasteiger partial charge on any atom is -0.347 e. The van der Waals surface area contributed by atoms with Crippen LogP contribution < -0.4 is 21.7 Å². The molecule has 0 saturated carbocycles. The second-order valence-electron chi connectivity index (χ2n) is 3.63. The second-order valence-corrected chi connectivity index (χ2v) is 5.03. The van der Waals surface area contributed by atoms with Gasteiger partial charge in [-0.05, 0) is 12.8 Å². The molecular weight excluding hydrogens is 315 g/mol. The van der Waals surface area contributed by atoms with E-state index in [9.17, 15) is 23.6 Å². The van der Waals surface area contributed by atoms with E-state index in [2.05, 4.69) is 16.4 Å². The van der Waals surface area contributed by atoms with E-state index in [1.54, 1.807) is 11.8 Å². The first-order chi connectivity index (χ1) is 10.5. The van der Waals surface area contributed by atoms with Crippen molar-refractivity contribution in [1.82, 2.24) is 16.0 Å². The molecule has 0 bridgehead atoms. The Bertz CT molecular complexity index is 369. The van der Waals surface area contributed by atoms with Crippen LogP contribution in [0.2, 0.25) is 0 Å². The van der Waals surface area contributed by atoms with Gasteiger partial charge >= 0.3 is 6.04 Å². The molecule has 0 spiro atoms. The van der Waals surface area contributed by atoms with Crippen molar-refractivity contribution in [3.05, 3.63) is 0 Å². The summed E-state index contributed by atoms with van der Waals surface area (Å²) in [6, 6.07) is -1.66. The predicted molar refractivity (Wildman–Crippen MR) is 82.9 cm³/mol. The first kappa shape index (κ1) is 22.6. The maximum Gasteiger partial charge on any atom is 0.320 e. The molecule has 0 aromatic carbocycles. The summed E-state index contributed by atoms with van der Waals surface area (Å²) in [5.41, 5.74) is 4.50. The zero-order chi connectivity index (χ0) is 17.4. The molecule has 0 unspecified atom stereocenters. The number of hydrogen-bond acceptors (Lipinski definition) is 6. The van der Waals surface area contributed by atoms with Crippen LogP contribution in [0.4, 0.5) is 4.39 Å². The van der Waals surface area contributed by atoms with Gasteiger partial charge < -0.3 is 21.7 Å². The van der Waals surface area contributed by atoms with Crippen LogP contribution in [-0.2, 0) is 19.2 Å². The molecule has 0 radical (unpaired) electrons. The summed E-state index contributed by atoms with van der Waals surface area (Å²) in [6.07, 6.45) is 0.324. The lowest BCUT2D eigenvalue weighted by Gasteiger charge is -2.06. The van der Waals surface area contributed by atoms with Crippen molar-refractivity contribution in [2.45, 2.75) is 13.3 Å². The summed E-state index contributed by atoms with van der Waals surface area (Å²) in [5, 5.41) is 6.60. The number of hydrogen-bond donors (Lipinski definition) is 4. The standard InChI is InChI=1S/C11H18FN3O4S.CH5N/c1-2-20-4-3-9(17)14-6-11(19)15-7-10(18)13-5-8(12)16;1-2/h2-7H2,1H3,(H,13,18)(H,14,17)(H,15,19);2H2,1H3. The average Bonchev–Trinajstić information content (AvgIpc) is 2.51. The summed E-state index contributed by atoms with van der Waals surface area (Å²) < 4.78 is 11.8. The molecule has 0 aliphatic heterocycles. The van der Waals surface area contributed by atoms with Gasteiger partial charge in [0, 0.05) is 12.2 Å². The molecule has 0 saturated heterocycles. The first-order valence-electron chi connectivity index (χ1n) is 6.59. The van der Waals surface area contributed by atoms with Gasteiger partial charge in [0.05, 0.1) is 13.1 Å². The van der Waals surface area contributed by atoms with Crippen LogP contribution in [0.3, 0.4) is 0 Å². The molecule has 5 N–H and O–H groups in total. The molecule has 8 nitrogen and oxygen atoms in total. The summed E-state index contributed by atoms with van der Waals surface area (Å²) in [5.74, 6) is 0.139. The summed E-state index contributed by atoms with van der Waals surface area (Å²) in [6.45, 7) is 0.650. The number of nitrogens with two attached hydrogens (primary N) is 1. The third-order valence-electron chi connectivity index (χ3n) is 1.99. The number of amides is 3. The minimum atomic E-state index is -1.66. The Labute approximate surface area is 133 Å². The normalized spacial score (nSPS) is 9.09. The van der Waals surface area contributed by atoms with Gasteiger partial charge in [-0.3, -0.25) is 19.2 Å². The van der Waals surface area contributed by atoms with Gasteiger partial charge in [0.2, 0.25) is 17.7 Å². The Balaban J connectivity index is 0. The Kier molecular flexibility index (Phi) is 16.1. The lowest BCUT2D eigenvalue weighted by atomic mass is 10.4. The average molecular weight is 338 g/mol. The Hall–Kier alpha value is -1.68. The zero-order valence-electron chi connectivity index (χ0n) is 12.7. The highest BCUT2D eigenvalue weighted by Gasteiger charge is 2.08. The van der Waals surface area contributed by atoms with Crippen LogP contribution in [0.15, 0.2) is 0 Å². The Morgan fingerprint density at radius 1 is 0.909 bits per heavy atom. The van der Waals surface area contributed by atoms with Gasteiger partial charge in [0.15, 0.2) is 0 Å². The van der Waals surface area contributed by atoms with E-state index in [-0.39, 0.29) is 19.0 Å². The third-order valence-corrected chi connectivity index (χ3v) is 2.90. The summed E-state index contributed by atoms with van der Waals surface area (Å²) in [7, 11) is 1.50. The van der Waals surface area contributed by atoms with Crippen LogP contribution in [0, 0.1) is 0 Å². The second kappa shape index (κ2) is 15.7. The van der Waals surface area contributed by atoms with Gasteiger partial charge in [-0.15, -0.1) is 0 Å². The molecule has 0 aliphatic rings. The van der Waals surface area contributed by atoms with Gasteiger partial charge in [0.25, 0.3) is 0 Å². The number of halogens is 1. The molecule has 0 rings (SSSR count). The van der Waals surface area contributed by atoms with E-state index in [1.807, 2.05) is 12.2 Å². The van der Waals surface area contributed by atoms with Crippen LogP contribution >= 0.6 is 11.8 Å². The smallest absolute Gasteiger partial charge is 0.320 e. The van der Waals surface area contributed by atoms with E-state index in [0.717, 1.165) is 5.75 Å². The zero-order valence-corrected chi connectivity index (χ0v) is 13.6. The molecule has 0 heterocycles. The summed E-state index contributed by atoms with van der Waals surface area (Å²) in [4.78, 5) is 43.5. The Morgan fingerprint density at radius 3 is 1.82 bits per heavy atom. The first-order valence-corrected chi connectivity index (χ1v) is 7.75. The van der Waals surface area contributed by atoms with Crippen LogP contribution in [0.1, 0.15) is 13.3 Å². The van der Waals surface area contributed by atoms with E-state index in [4.69, 9.17) is 0 Å². The van der Waals surface area contributed by atoms with Gasteiger partial charge in [-0.1, -0.05) is 6.92 Å². The van der Waals surface area contributed by atoms with Crippen molar-refractivity contribution in [3.63, 3.8) is 0 Å². The minimum absolute atomic E-state index is 0.231. The van der Waals surface area contributed by atoms with Crippen LogP contribution in [-0.4, -0.2) is 61.9 Å². The van der Waals surface area contributed by atoms with Crippen molar-refractivity contribution < 1.29 is 23.6 Å². The van der Waals surface area contributed by atoms with E-state index in [1.165, 1.54) is 7.05 Å². The molecular formula is C12H23FN4O4S. The molecule has 10 heteroatoms. The van der Waals surface area contributed by atoms with Crippen molar-refractivity contribution in [3.8, 4) is 0 Å². The van der Waals surface area contributed by atoms with E-state index >= 15 is 0 Å². The van der Waals surface area contributed by atoms with Crippen LogP contribution in [0.5, 0.6) is 0 Å². The molecule has 128 valence electrons. The maximum absolute atomic E-state index is 11.8. The van der Waals surface area contributed by atoms with Gasteiger partial charge in [-0.2, -0.15) is 16.2 Å². The van der Waals surface area contributed by atoms with E-state index < -0.39 is 24.4 Å². The Morgan fingerprint density at radius 2 is 1.36 bits per heavy atom. The maximum atomic E-state index is 11.8. The van der Waals surface area contributed by atoms with Crippen molar-refractivity contribution in [2.75, 3.05) is 38.2 Å². The van der Waals surface area contributed by atoms with Crippen molar-refractivity contribution >= 4 is 35.5 Å². The topological polar surface area (TPSA) is 130 Å². The monoisotopic (exact) mass is 338 g/mol. The molecule has 0 aromatic rings. The molecule has 0 aliphatic carbocycles. The summed E-state index contributed by atoms with van der Waals surface area (Å²) >= 11 is 1.62. The number of carbonyl (C=O) groups is 4. The highest BCUT2D eigenvalue weighted by Crippen LogP contribution is 1.99. The molecule has 22 heavy (non-hydrogen) atoms. The lowest BCUT2D eigenvalue weighted by molar-refractivity contribution is -0.131. The number of rotatable bonds is 10. The fraction of sp³-hybridized carbons (Fsp3) is 0.667. The molecule has 3 amide bonds. The fourth-order valence-corrected chi connectivity index (χ4v) is 1.67. The molecule has 0 aromatic heterocycles. The van der Waals surface area contributed by atoms with Crippen molar-refractivity contribution in [1.29, 1.82) is 0 Å². The quantitative estimate of drug-likeness (QED) is 0.285. The van der Waals surface area contributed by atoms with E-state index in [0.29, 0.717) is 12.2 Å². The molecule has 0 atom stereocenters. The predicted octanol–water partition coefficient (Wildman–Crippen LogP) is -1.45. The van der Waals surface area contributed by atoms with Crippen LogP contribution in [0.25, 0.3) is 0 Å². The highest BCUT2D eigenvalue weighted by atomic mass is 32.2. The number of nitrogens with one attached hydrogen (secondary N) is 3. The highest BCUT2D eigenvalue weighted by molar-refractivity contribution is 7.99. The third kappa shape index (κ3) is 16.4.